The molecule has 34 heavy (non-hydrogen) atoms. The zero-order chi connectivity index (χ0) is 24.9. The lowest BCUT2D eigenvalue weighted by molar-refractivity contribution is -0.143. The van der Waals surface area contributed by atoms with E-state index in [9.17, 15) is 18.9 Å². The second-order valence-electron chi connectivity index (χ2n) is 8.03. The number of Topliss-reactive ketones (excluding diaryl/α,β-unsaturated/α-hetero) is 1. The van der Waals surface area contributed by atoms with Gasteiger partial charge in [0.25, 0.3) is 0 Å². The molecule has 176 valence electrons. The molecular formula is C27H27O6P. The first kappa shape index (κ1) is 25.3. The second-order valence-corrected chi connectivity index (χ2v) is 10.7. The van der Waals surface area contributed by atoms with Gasteiger partial charge in [-0.15, -0.1) is 0 Å². The van der Waals surface area contributed by atoms with Gasteiger partial charge in [0.15, 0.2) is 6.61 Å². The van der Waals surface area contributed by atoms with E-state index in [2.05, 4.69) is 0 Å². The van der Waals surface area contributed by atoms with Gasteiger partial charge in [-0.1, -0.05) is 66.7 Å². The Balaban J connectivity index is 2.13. The van der Waals surface area contributed by atoms with E-state index in [1.807, 2.05) is 0 Å². The molecule has 0 heterocycles. The van der Waals surface area contributed by atoms with E-state index < -0.39 is 31.0 Å². The molecule has 1 N–H and O–H groups in total. The summed E-state index contributed by atoms with van der Waals surface area (Å²) >= 11 is 0. The molecule has 3 aromatic carbocycles. The molecule has 0 fully saturated rings. The Morgan fingerprint density at radius 1 is 0.824 bits per heavy atom. The van der Waals surface area contributed by atoms with Crippen molar-refractivity contribution in [3.63, 3.8) is 0 Å². The van der Waals surface area contributed by atoms with E-state index in [0.717, 1.165) is 0 Å². The van der Waals surface area contributed by atoms with Crippen LogP contribution in [0, 0.1) is 20.8 Å². The molecule has 3 rings (SSSR count). The third-order valence-corrected chi connectivity index (χ3v) is 8.52. The molecule has 0 aliphatic rings. The molecule has 0 unspecified atom stereocenters. The average Bonchev–Trinajstić information content (AvgIpc) is 2.83. The number of aryl methyl sites for hydroxylation is 2. The number of ether oxygens (including phenoxy) is 1. The first-order valence-electron chi connectivity index (χ1n) is 10.9. The van der Waals surface area contributed by atoms with E-state index in [1.54, 1.807) is 87.5 Å². The number of aliphatic hydroxyl groups excluding tert-OH is 1. The highest BCUT2D eigenvalue weighted by Gasteiger charge is 2.38. The normalized spacial score (nSPS) is 11.2. The summed E-state index contributed by atoms with van der Waals surface area (Å²) in [5.41, 5.74) is 1.58. The highest BCUT2D eigenvalue weighted by Crippen LogP contribution is 2.48. The van der Waals surface area contributed by atoms with Crippen molar-refractivity contribution in [2.75, 3.05) is 13.2 Å². The summed E-state index contributed by atoms with van der Waals surface area (Å²) in [4.78, 5) is 38.6. The van der Waals surface area contributed by atoms with Gasteiger partial charge in [0, 0.05) is 21.7 Å². The number of aliphatic hydroxyl groups is 1. The van der Waals surface area contributed by atoms with Crippen LogP contribution in [0.15, 0.2) is 66.7 Å². The fourth-order valence-electron chi connectivity index (χ4n) is 4.14. The minimum Gasteiger partial charge on any atom is -0.457 e. The smallest absolute Gasteiger partial charge is 0.308 e. The number of carbonyl (C=O) groups excluding carboxylic acids is 3. The Bertz CT molecular complexity index is 1220. The second kappa shape index (κ2) is 10.7. The molecule has 0 saturated heterocycles. The molecule has 0 bridgehead atoms. The monoisotopic (exact) mass is 478 g/mol. The summed E-state index contributed by atoms with van der Waals surface area (Å²) < 4.78 is 19.5. The maximum atomic E-state index is 14.5. The van der Waals surface area contributed by atoms with E-state index in [-0.39, 0.29) is 24.2 Å². The molecule has 3 aromatic rings. The minimum absolute atomic E-state index is 0.208. The largest absolute Gasteiger partial charge is 0.457 e. The topological polar surface area (TPSA) is 97.7 Å². The van der Waals surface area contributed by atoms with Crippen LogP contribution in [0.25, 0.3) is 0 Å². The van der Waals surface area contributed by atoms with E-state index in [1.165, 1.54) is 0 Å². The van der Waals surface area contributed by atoms with Gasteiger partial charge in [-0.3, -0.25) is 14.4 Å². The van der Waals surface area contributed by atoms with Gasteiger partial charge in [-0.2, -0.15) is 0 Å². The quantitative estimate of drug-likeness (QED) is 0.285. The molecule has 7 heteroatoms. The minimum atomic E-state index is -3.76. The van der Waals surface area contributed by atoms with Crippen molar-refractivity contribution in [2.24, 2.45) is 0 Å². The lowest BCUT2D eigenvalue weighted by atomic mass is 9.92. The SMILES string of the molecule is Cc1cc(C)c(C(=O)P(=O)(c2ccccc2)c2ccccc2)c(C)c1C(=O)COC(=O)CCO. The number of carbonyl (C=O) groups is 3. The number of ketones is 1. The van der Waals surface area contributed by atoms with Crippen LogP contribution in [0.5, 0.6) is 0 Å². The summed E-state index contributed by atoms with van der Waals surface area (Å²) in [7, 11) is -3.76. The Kier molecular flexibility index (Phi) is 7.98. The van der Waals surface area contributed by atoms with Gasteiger partial charge in [0.05, 0.1) is 13.0 Å². The summed E-state index contributed by atoms with van der Waals surface area (Å²) in [6.07, 6.45) is -0.208. The number of hydrogen-bond donors (Lipinski definition) is 1. The van der Waals surface area contributed by atoms with Gasteiger partial charge in [-0.05, 0) is 37.5 Å². The third-order valence-electron chi connectivity index (χ3n) is 5.67. The number of rotatable bonds is 9. The van der Waals surface area contributed by atoms with Crippen molar-refractivity contribution >= 4 is 35.0 Å². The van der Waals surface area contributed by atoms with Crippen LogP contribution in [-0.2, 0) is 14.1 Å². The lowest BCUT2D eigenvalue weighted by Gasteiger charge is -2.22. The molecule has 0 atom stereocenters. The molecule has 0 aliphatic carbocycles. The molecule has 0 aromatic heterocycles. The molecule has 0 radical (unpaired) electrons. The summed E-state index contributed by atoms with van der Waals surface area (Å²) in [5.74, 6) is -1.16. The van der Waals surface area contributed by atoms with Crippen LogP contribution in [0.2, 0.25) is 0 Å². The maximum Gasteiger partial charge on any atom is 0.308 e. The number of benzene rings is 3. The van der Waals surface area contributed by atoms with Crippen molar-refractivity contribution in [3.05, 3.63) is 94.5 Å². The molecule has 0 amide bonds. The summed E-state index contributed by atoms with van der Waals surface area (Å²) in [6.45, 7) is 4.26. The molecule has 6 nitrogen and oxygen atoms in total. The summed E-state index contributed by atoms with van der Waals surface area (Å²) in [6, 6.07) is 19.0. The first-order chi connectivity index (χ1) is 16.2. The predicted molar refractivity (Wildman–Crippen MR) is 132 cm³/mol. The lowest BCUT2D eigenvalue weighted by Crippen LogP contribution is -2.25. The predicted octanol–water partition coefficient (Wildman–Crippen LogP) is 3.87. The third kappa shape index (κ3) is 4.93. The van der Waals surface area contributed by atoms with Crippen LogP contribution in [-0.4, -0.2) is 35.6 Å². The Labute approximate surface area is 199 Å². The maximum absolute atomic E-state index is 14.5. The van der Waals surface area contributed by atoms with Crippen LogP contribution >= 0.6 is 7.14 Å². The van der Waals surface area contributed by atoms with Crippen LogP contribution in [0.1, 0.15) is 43.8 Å². The van der Waals surface area contributed by atoms with Gasteiger partial charge in [0.2, 0.25) is 18.4 Å². The Hall–Kier alpha value is -3.34. The molecular weight excluding hydrogens is 451 g/mol. The Morgan fingerprint density at radius 2 is 1.32 bits per heavy atom. The zero-order valence-electron chi connectivity index (χ0n) is 19.4. The molecule has 0 spiro atoms. The van der Waals surface area contributed by atoms with Crippen LogP contribution in [0.4, 0.5) is 0 Å². The molecule has 0 saturated carbocycles. The van der Waals surface area contributed by atoms with Crippen LogP contribution in [0.3, 0.4) is 0 Å². The fourth-order valence-corrected chi connectivity index (χ4v) is 6.75. The van der Waals surface area contributed by atoms with Crippen molar-refractivity contribution in [2.45, 2.75) is 27.2 Å². The van der Waals surface area contributed by atoms with E-state index in [0.29, 0.717) is 27.3 Å². The highest BCUT2D eigenvalue weighted by molar-refractivity contribution is 7.93. The zero-order valence-corrected chi connectivity index (χ0v) is 20.3. The number of hydrogen-bond acceptors (Lipinski definition) is 6. The van der Waals surface area contributed by atoms with Crippen molar-refractivity contribution < 1.29 is 28.8 Å². The van der Waals surface area contributed by atoms with Crippen LogP contribution < -0.4 is 10.6 Å². The molecule has 0 aliphatic heterocycles. The van der Waals surface area contributed by atoms with E-state index in [4.69, 9.17) is 9.84 Å². The van der Waals surface area contributed by atoms with Gasteiger partial charge in [-0.25, -0.2) is 0 Å². The van der Waals surface area contributed by atoms with E-state index >= 15 is 0 Å². The van der Waals surface area contributed by atoms with Gasteiger partial charge < -0.3 is 14.4 Å². The fraction of sp³-hybridized carbons (Fsp3) is 0.222. The first-order valence-corrected chi connectivity index (χ1v) is 12.6. The van der Waals surface area contributed by atoms with Crippen molar-refractivity contribution in [1.82, 2.24) is 0 Å². The van der Waals surface area contributed by atoms with Crippen molar-refractivity contribution in [3.8, 4) is 0 Å². The summed E-state index contributed by atoms with van der Waals surface area (Å²) in [5, 5.41) is 9.68. The average molecular weight is 478 g/mol. The van der Waals surface area contributed by atoms with Gasteiger partial charge in [0.1, 0.15) is 0 Å². The number of esters is 1. The highest BCUT2D eigenvalue weighted by atomic mass is 31.2. The standard InChI is InChI=1S/C27H27O6P/c1-18-16-19(2)26(20(3)25(18)23(29)17-33-24(30)14-15-28)27(31)34(32,21-10-6-4-7-11-21)22-12-8-5-9-13-22/h4-13,16,28H,14-15,17H2,1-3H3. The Morgan fingerprint density at radius 3 is 1.82 bits per heavy atom. The van der Waals surface area contributed by atoms with Gasteiger partial charge >= 0.3 is 5.97 Å². The van der Waals surface area contributed by atoms with Crippen molar-refractivity contribution in [1.29, 1.82) is 0 Å².